The van der Waals surface area contributed by atoms with E-state index in [0.29, 0.717) is 6.54 Å². The van der Waals surface area contributed by atoms with E-state index in [9.17, 15) is 0 Å². The zero-order valence-corrected chi connectivity index (χ0v) is 12.1. The number of aromatic nitrogens is 1. The van der Waals surface area contributed by atoms with Crippen molar-refractivity contribution < 1.29 is 8.94 Å². The van der Waals surface area contributed by atoms with Crippen molar-refractivity contribution in [3.63, 3.8) is 0 Å². The van der Waals surface area contributed by atoms with Crippen LogP contribution in [0.15, 0.2) is 32.5 Å². The van der Waals surface area contributed by atoms with Gasteiger partial charge in [-0.15, -0.1) is 0 Å². The average Bonchev–Trinajstić information content (AvgIpc) is 3.06. The van der Waals surface area contributed by atoms with Crippen LogP contribution in [0.3, 0.4) is 0 Å². The molecule has 0 atom stereocenters. The quantitative estimate of drug-likeness (QED) is 0.643. The smallest absolute Gasteiger partial charge is 0.191 e. The van der Waals surface area contributed by atoms with Crippen molar-refractivity contribution in [1.29, 1.82) is 0 Å². The Hall–Kier alpha value is -2.24. The lowest BCUT2D eigenvalue weighted by Gasteiger charge is -2.10. The molecule has 0 saturated heterocycles. The Kier molecular flexibility index (Phi) is 4.81. The van der Waals surface area contributed by atoms with E-state index in [0.717, 1.165) is 41.5 Å². The van der Waals surface area contributed by atoms with Crippen LogP contribution in [-0.4, -0.2) is 24.7 Å². The van der Waals surface area contributed by atoms with E-state index in [2.05, 4.69) is 20.8 Å². The number of guanidine groups is 1. The molecule has 2 rings (SSSR count). The average molecular weight is 276 g/mol. The Morgan fingerprint density at radius 1 is 1.35 bits per heavy atom. The molecule has 0 aromatic carbocycles. The molecule has 0 aliphatic carbocycles. The lowest BCUT2D eigenvalue weighted by molar-refractivity contribution is 0.392. The third kappa shape index (κ3) is 3.63. The number of furan rings is 1. The van der Waals surface area contributed by atoms with Crippen LogP contribution in [0.1, 0.15) is 22.6 Å². The van der Waals surface area contributed by atoms with Crippen molar-refractivity contribution in [2.24, 2.45) is 4.99 Å². The summed E-state index contributed by atoms with van der Waals surface area (Å²) < 4.78 is 10.2. The van der Waals surface area contributed by atoms with Crippen molar-refractivity contribution in [3.8, 4) is 0 Å². The fourth-order valence-electron chi connectivity index (χ4n) is 1.96. The van der Waals surface area contributed by atoms with E-state index < -0.39 is 0 Å². The van der Waals surface area contributed by atoms with Gasteiger partial charge in [0.15, 0.2) is 5.96 Å². The molecular weight excluding hydrogens is 256 g/mol. The molecule has 0 saturated carbocycles. The molecule has 6 heteroatoms. The van der Waals surface area contributed by atoms with Crippen molar-refractivity contribution in [2.75, 3.05) is 13.6 Å². The number of rotatable bonds is 5. The largest absolute Gasteiger partial charge is 0.472 e. The molecule has 0 aliphatic heterocycles. The molecule has 0 fully saturated rings. The van der Waals surface area contributed by atoms with Gasteiger partial charge >= 0.3 is 0 Å². The number of hydrogen-bond donors (Lipinski definition) is 2. The second-order valence-corrected chi connectivity index (χ2v) is 4.54. The highest BCUT2D eigenvalue weighted by Gasteiger charge is 2.08. The maximum Gasteiger partial charge on any atom is 0.191 e. The molecular formula is C14H20N4O2. The van der Waals surface area contributed by atoms with Crippen molar-refractivity contribution in [2.45, 2.75) is 26.8 Å². The summed E-state index contributed by atoms with van der Waals surface area (Å²) in [6.45, 7) is 5.34. The third-order valence-corrected chi connectivity index (χ3v) is 3.11. The maximum absolute atomic E-state index is 5.14. The molecule has 20 heavy (non-hydrogen) atoms. The minimum absolute atomic E-state index is 0.682. The van der Waals surface area contributed by atoms with Gasteiger partial charge in [-0.1, -0.05) is 5.16 Å². The normalized spacial score (nSPS) is 11.7. The Labute approximate surface area is 118 Å². The summed E-state index contributed by atoms with van der Waals surface area (Å²) in [5.41, 5.74) is 3.19. The van der Waals surface area contributed by atoms with Crippen LogP contribution >= 0.6 is 0 Å². The van der Waals surface area contributed by atoms with E-state index >= 15 is 0 Å². The van der Waals surface area contributed by atoms with Crippen LogP contribution in [0.25, 0.3) is 0 Å². The summed E-state index contributed by atoms with van der Waals surface area (Å²) in [6.07, 6.45) is 4.22. The van der Waals surface area contributed by atoms with Gasteiger partial charge in [-0.2, -0.15) is 0 Å². The highest BCUT2D eigenvalue weighted by atomic mass is 16.5. The van der Waals surface area contributed by atoms with Crippen LogP contribution < -0.4 is 10.6 Å². The second-order valence-electron chi connectivity index (χ2n) is 4.54. The highest BCUT2D eigenvalue weighted by Crippen LogP contribution is 2.11. The van der Waals surface area contributed by atoms with E-state index in [4.69, 9.17) is 8.94 Å². The van der Waals surface area contributed by atoms with Gasteiger partial charge in [-0.25, -0.2) is 0 Å². The lowest BCUT2D eigenvalue weighted by atomic mass is 10.1. The fraction of sp³-hybridized carbons (Fsp3) is 0.429. The first kappa shape index (κ1) is 14.2. The number of hydrogen-bond acceptors (Lipinski definition) is 4. The molecule has 6 nitrogen and oxygen atoms in total. The van der Waals surface area contributed by atoms with Crippen LogP contribution in [0, 0.1) is 13.8 Å². The van der Waals surface area contributed by atoms with E-state index in [1.807, 2.05) is 19.9 Å². The second kappa shape index (κ2) is 6.79. The number of nitrogens with one attached hydrogen (secondary N) is 2. The Morgan fingerprint density at radius 2 is 2.20 bits per heavy atom. The third-order valence-electron chi connectivity index (χ3n) is 3.11. The monoisotopic (exact) mass is 276 g/mol. The first-order chi connectivity index (χ1) is 9.70. The van der Waals surface area contributed by atoms with Crippen LogP contribution in [-0.2, 0) is 13.0 Å². The van der Waals surface area contributed by atoms with Gasteiger partial charge in [0, 0.05) is 31.3 Å². The van der Waals surface area contributed by atoms with Gasteiger partial charge in [0.25, 0.3) is 0 Å². The summed E-state index contributed by atoms with van der Waals surface area (Å²) in [6, 6.07) is 1.92. The fourth-order valence-corrected chi connectivity index (χ4v) is 1.96. The van der Waals surface area contributed by atoms with E-state index in [1.54, 1.807) is 19.6 Å². The summed E-state index contributed by atoms with van der Waals surface area (Å²) in [7, 11) is 1.75. The Balaban J connectivity index is 1.77. The van der Waals surface area contributed by atoms with Gasteiger partial charge in [0.1, 0.15) is 5.76 Å². The predicted molar refractivity (Wildman–Crippen MR) is 76.6 cm³/mol. The van der Waals surface area contributed by atoms with E-state index in [-0.39, 0.29) is 0 Å². The summed E-state index contributed by atoms with van der Waals surface area (Å²) in [5.74, 6) is 1.64. The van der Waals surface area contributed by atoms with Gasteiger partial charge in [0.05, 0.1) is 18.2 Å². The van der Waals surface area contributed by atoms with Gasteiger partial charge in [-0.3, -0.25) is 4.99 Å². The van der Waals surface area contributed by atoms with Gasteiger partial charge < -0.3 is 19.6 Å². The zero-order valence-electron chi connectivity index (χ0n) is 12.1. The molecule has 0 aliphatic rings. The molecule has 2 heterocycles. The number of aliphatic imine (C=N–C) groups is 1. The van der Waals surface area contributed by atoms with Crippen LogP contribution in [0.4, 0.5) is 0 Å². The maximum atomic E-state index is 5.14. The Bertz CT molecular complexity index is 538. The minimum Gasteiger partial charge on any atom is -0.472 e. The zero-order chi connectivity index (χ0) is 14.4. The molecule has 2 aromatic rings. The lowest BCUT2D eigenvalue weighted by Crippen LogP contribution is -2.37. The first-order valence-electron chi connectivity index (χ1n) is 6.58. The SMILES string of the molecule is CN=C(NCCc1c(C)noc1C)NCc1ccoc1. The van der Waals surface area contributed by atoms with Crippen LogP contribution in [0.2, 0.25) is 0 Å². The van der Waals surface area contributed by atoms with E-state index in [1.165, 1.54) is 0 Å². The number of aryl methyl sites for hydroxylation is 2. The summed E-state index contributed by atoms with van der Waals surface area (Å²) in [5, 5.41) is 10.4. The van der Waals surface area contributed by atoms with Crippen LogP contribution in [0.5, 0.6) is 0 Å². The van der Waals surface area contributed by atoms with Crippen molar-refractivity contribution >= 4 is 5.96 Å². The summed E-state index contributed by atoms with van der Waals surface area (Å²) >= 11 is 0. The van der Waals surface area contributed by atoms with Crippen molar-refractivity contribution in [3.05, 3.63) is 41.2 Å². The highest BCUT2D eigenvalue weighted by molar-refractivity contribution is 5.79. The standard InChI is InChI=1S/C14H20N4O2/c1-10-13(11(2)20-18-10)4-6-16-14(15-3)17-8-12-5-7-19-9-12/h5,7,9H,4,6,8H2,1-3H3,(H2,15,16,17). The van der Waals surface area contributed by atoms with Crippen molar-refractivity contribution in [1.82, 2.24) is 15.8 Å². The topological polar surface area (TPSA) is 75.6 Å². The summed E-state index contributed by atoms with van der Waals surface area (Å²) in [4.78, 5) is 4.18. The first-order valence-corrected chi connectivity index (χ1v) is 6.58. The number of nitrogens with zero attached hydrogens (tertiary/aromatic N) is 2. The molecule has 0 amide bonds. The van der Waals surface area contributed by atoms with Gasteiger partial charge in [0.2, 0.25) is 0 Å². The molecule has 108 valence electrons. The Morgan fingerprint density at radius 3 is 2.80 bits per heavy atom. The minimum atomic E-state index is 0.682. The predicted octanol–water partition coefficient (Wildman–Crippen LogP) is 1.79. The molecule has 2 aromatic heterocycles. The molecule has 0 radical (unpaired) electrons. The molecule has 2 N–H and O–H groups in total. The van der Waals surface area contributed by atoms with Gasteiger partial charge in [-0.05, 0) is 26.3 Å². The molecule has 0 unspecified atom stereocenters. The molecule has 0 spiro atoms. The molecule has 0 bridgehead atoms.